The summed E-state index contributed by atoms with van der Waals surface area (Å²) in [6, 6.07) is 0. The monoisotopic (exact) mass is 308 g/mol. The normalized spacial score (nSPS) is 65.1. The second kappa shape index (κ2) is 3.83. The lowest BCUT2D eigenvalue weighted by molar-refractivity contribution is -0.103. The first kappa shape index (κ1) is 13.7. The highest BCUT2D eigenvalue weighted by Crippen LogP contribution is 2.80. The van der Waals surface area contributed by atoms with Crippen molar-refractivity contribution in [2.45, 2.75) is 58.8 Å². The van der Waals surface area contributed by atoms with Crippen LogP contribution in [0.5, 0.6) is 0 Å². The molecule has 0 aliphatic heterocycles. The quantitative estimate of drug-likeness (QED) is 0.492. The molecule has 6 rings (SSSR count). The van der Waals surface area contributed by atoms with Gasteiger partial charge in [-0.05, 0) is 103 Å². The molecule has 10 atom stereocenters. The van der Waals surface area contributed by atoms with E-state index in [9.17, 15) is 0 Å². The first-order valence-corrected chi connectivity index (χ1v) is 10.3. The van der Waals surface area contributed by atoms with Crippen molar-refractivity contribution in [1.82, 2.24) is 0 Å². The summed E-state index contributed by atoms with van der Waals surface area (Å²) in [6.45, 7) is 14.3. The number of hydrogen-bond acceptors (Lipinski definition) is 0. The van der Waals surface area contributed by atoms with Crippen LogP contribution in [0.15, 0.2) is 24.3 Å². The van der Waals surface area contributed by atoms with Crippen molar-refractivity contribution in [2.75, 3.05) is 0 Å². The maximum Gasteiger partial charge on any atom is -0.00821 e. The molecule has 0 spiro atoms. The molecule has 0 heterocycles. The van der Waals surface area contributed by atoms with E-state index in [0.29, 0.717) is 10.8 Å². The summed E-state index contributed by atoms with van der Waals surface area (Å²) in [5.74, 6) is 8.19. The highest BCUT2D eigenvalue weighted by atomic mass is 14.8. The minimum Gasteiger partial charge on any atom is -0.0999 e. The van der Waals surface area contributed by atoms with Crippen molar-refractivity contribution in [3.8, 4) is 0 Å². The smallest absolute Gasteiger partial charge is 0.00821 e. The van der Waals surface area contributed by atoms with Gasteiger partial charge in [-0.2, -0.15) is 0 Å². The molecule has 6 fully saturated rings. The summed E-state index contributed by atoms with van der Waals surface area (Å²) >= 11 is 0. The van der Waals surface area contributed by atoms with Gasteiger partial charge in [-0.25, -0.2) is 0 Å². The Morgan fingerprint density at radius 1 is 0.957 bits per heavy atom. The molecule has 0 radical (unpaired) electrons. The molecule has 6 aliphatic carbocycles. The van der Waals surface area contributed by atoms with Gasteiger partial charge in [0, 0.05) is 0 Å². The molecular formula is C23H32. The fraction of sp³-hybridized carbons (Fsp3) is 0.826. The zero-order valence-electron chi connectivity index (χ0n) is 15.0. The van der Waals surface area contributed by atoms with Crippen molar-refractivity contribution >= 4 is 0 Å². The Morgan fingerprint density at radius 2 is 1.78 bits per heavy atom. The van der Waals surface area contributed by atoms with Gasteiger partial charge in [-0.15, -0.1) is 0 Å². The van der Waals surface area contributed by atoms with Crippen molar-refractivity contribution in [3.63, 3.8) is 0 Å². The largest absolute Gasteiger partial charge is 0.0999 e. The summed E-state index contributed by atoms with van der Waals surface area (Å²) in [5.41, 5.74) is 4.39. The van der Waals surface area contributed by atoms with Crippen molar-refractivity contribution in [1.29, 1.82) is 0 Å². The van der Waals surface area contributed by atoms with E-state index in [1.54, 1.807) is 17.6 Å². The molecule has 6 aliphatic rings. The van der Waals surface area contributed by atoms with Crippen molar-refractivity contribution < 1.29 is 0 Å². The van der Waals surface area contributed by atoms with Gasteiger partial charge >= 0.3 is 0 Å². The van der Waals surface area contributed by atoms with E-state index < -0.39 is 0 Å². The molecule has 0 aromatic heterocycles. The standard InChI is InChI=1S/C23H32/c1-12-5-7-23(4)18-6-8-22(3)13(2)14-10-17(14)21(22)20(18)16-11-15(16)19(23)9-12/h14-21H,1-2,5-11H2,3-4H3. The van der Waals surface area contributed by atoms with Gasteiger partial charge in [0.1, 0.15) is 0 Å². The zero-order valence-corrected chi connectivity index (χ0v) is 15.0. The molecule has 0 bridgehead atoms. The first-order valence-electron chi connectivity index (χ1n) is 10.3. The van der Waals surface area contributed by atoms with E-state index in [4.69, 9.17) is 0 Å². The van der Waals surface area contributed by atoms with Crippen molar-refractivity contribution in [2.24, 2.45) is 58.2 Å². The SMILES string of the molecule is C=C1CCC2(C)C(C1)C1CC1C1C3C4CC4C(=C)C3(C)CCC12. The summed E-state index contributed by atoms with van der Waals surface area (Å²) in [7, 11) is 0. The van der Waals surface area contributed by atoms with Crippen LogP contribution in [0.2, 0.25) is 0 Å². The molecule has 23 heavy (non-hydrogen) atoms. The van der Waals surface area contributed by atoms with Gasteiger partial charge in [-0.1, -0.05) is 38.2 Å². The number of hydrogen-bond donors (Lipinski definition) is 0. The molecule has 6 saturated carbocycles. The van der Waals surface area contributed by atoms with Crippen LogP contribution >= 0.6 is 0 Å². The van der Waals surface area contributed by atoms with Gasteiger partial charge < -0.3 is 0 Å². The van der Waals surface area contributed by atoms with Crippen LogP contribution in [0, 0.1) is 58.2 Å². The Kier molecular flexibility index (Phi) is 2.29. The fourth-order valence-corrected chi connectivity index (χ4v) is 8.91. The minimum absolute atomic E-state index is 0.517. The minimum atomic E-state index is 0.517. The third-order valence-corrected chi connectivity index (χ3v) is 10.2. The lowest BCUT2D eigenvalue weighted by atomic mass is 9.44. The molecular weight excluding hydrogens is 276 g/mol. The molecule has 0 aromatic carbocycles. The molecule has 0 nitrogen and oxygen atoms in total. The maximum absolute atomic E-state index is 4.61. The van der Waals surface area contributed by atoms with E-state index in [0.717, 1.165) is 47.3 Å². The Balaban J connectivity index is 1.43. The van der Waals surface area contributed by atoms with E-state index >= 15 is 0 Å². The van der Waals surface area contributed by atoms with E-state index in [2.05, 4.69) is 27.0 Å². The van der Waals surface area contributed by atoms with Crippen LogP contribution < -0.4 is 0 Å². The van der Waals surface area contributed by atoms with Gasteiger partial charge in [0.2, 0.25) is 0 Å². The molecule has 0 saturated heterocycles. The predicted octanol–water partition coefficient (Wildman–Crippen LogP) is 5.85. The second-order valence-corrected chi connectivity index (χ2v) is 10.8. The van der Waals surface area contributed by atoms with Gasteiger partial charge in [0.25, 0.3) is 0 Å². The molecule has 0 N–H and O–H groups in total. The van der Waals surface area contributed by atoms with E-state index in [-0.39, 0.29) is 0 Å². The Bertz CT molecular complexity index is 628. The van der Waals surface area contributed by atoms with Crippen molar-refractivity contribution in [3.05, 3.63) is 24.3 Å². The Morgan fingerprint density at radius 3 is 2.61 bits per heavy atom. The molecule has 0 heteroatoms. The summed E-state index contributed by atoms with van der Waals surface area (Å²) < 4.78 is 0. The second-order valence-electron chi connectivity index (χ2n) is 10.8. The lowest BCUT2D eigenvalue weighted by Gasteiger charge is -2.60. The number of rotatable bonds is 0. The van der Waals surface area contributed by atoms with E-state index in [1.807, 2.05) is 0 Å². The predicted molar refractivity (Wildman–Crippen MR) is 94.7 cm³/mol. The summed E-state index contributed by atoms with van der Waals surface area (Å²) in [4.78, 5) is 0. The van der Waals surface area contributed by atoms with Gasteiger partial charge in [0.05, 0.1) is 0 Å². The first-order chi connectivity index (χ1) is 10.9. The summed E-state index contributed by atoms with van der Waals surface area (Å²) in [6.07, 6.45) is 10.1. The molecule has 10 unspecified atom stereocenters. The third-order valence-electron chi connectivity index (χ3n) is 10.2. The highest BCUT2D eigenvalue weighted by Gasteiger charge is 2.73. The lowest BCUT2D eigenvalue weighted by Crippen LogP contribution is -2.54. The average Bonchev–Trinajstić information content (AvgIpc) is 3.40. The van der Waals surface area contributed by atoms with Crippen LogP contribution in [-0.2, 0) is 0 Å². The van der Waals surface area contributed by atoms with Gasteiger partial charge in [-0.3, -0.25) is 0 Å². The van der Waals surface area contributed by atoms with Crippen LogP contribution in [0.4, 0.5) is 0 Å². The molecule has 0 amide bonds. The highest BCUT2D eigenvalue weighted by molar-refractivity contribution is 5.34. The number of fused-ring (bicyclic) bond motifs is 10. The summed E-state index contributed by atoms with van der Waals surface area (Å²) in [5, 5.41) is 0. The van der Waals surface area contributed by atoms with Crippen LogP contribution in [-0.4, -0.2) is 0 Å². The Hall–Kier alpha value is -0.520. The van der Waals surface area contributed by atoms with E-state index in [1.165, 1.54) is 38.5 Å². The number of allylic oxidation sites excluding steroid dienone is 2. The molecule has 0 aromatic rings. The average molecular weight is 309 g/mol. The van der Waals surface area contributed by atoms with Crippen LogP contribution in [0.3, 0.4) is 0 Å². The Labute approximate surface area is 141 Å². The van der Waals surface area contributed by atoms with Crippen LogP contribution in [0.25, 0.3) is 0 Å². The third kappa shape index (κ3) is 1.43. The maximum atomic E-state index is 4.61. The zero-order chi connectivity index (χ0) is 15.7. The fourth-order valence-electron chi connectivity index (χ4n) is 8.91. The van der Waals surface area contributed by atoms with Crippen LogP contribution in [0.1, 0.15) is 58.8 Å². The molecule has 124 valence electrons. The topological polar surface area (TPSA) is 0 Å². The van der Waals surface area contributed by atoms with Gasteiger partial charge in [0.15, 0.2) is 0 Å².